The second-order valence-electron chi connectivity index (χ2n) is 4.69. The first-order valence-corrected chi connectivity index (χ1v) is 8.37. The standard InChI is InChI=1S/C16H11ClFNO4S/c17-16-11-15(24(18,22)23)9-8-13(16)6-2-1-4-12-5-3-7-14(10-12)19(20)21/h1-11H/b4-1+,6-2+. The molecule has 8 heteroatoms. The van der Waals surface area contributed by atoms with E-state index in [4.69, 9.17) is 11.6 Å². The molecule has 0 aliphatic heterocycles. The zero-order chi connectivity index (χ0) is 17.7. The van der Waals surface area contributed by atoms with E-state index < -0.39 is 20.0 Å². The highest BCUT2D eigenvalue weighted by molar-refractivity contribution is 7.86. The van der Waals surface area contributed by atoms with Gasteiger partial charge < -0.3 is 0 Å². The molecule has 2 aromatic rings. The van der Waals surface area contributed by atoms with Gasteiger partial charge in [-0.1, -0.05) is 54.1 Å². The van der Waals surface area contributed by atoms with Crippen LogP contribution in [-0.2, 0) is 10.2 Å². The number of hydrogen-bond donors (Lipinski definition) is 0. The fourth-order valence-electron chi connectivity index (χ4n) is 1.86. The van der Waals surface area contributed by atoms with Gasteiger partial charge in [-0.15, -0.1) is 3.89 Å². The van der Waals surface area contributed by atoms with E-state index in [2.05, 4.69) is 0 Å². The number of allylic oxidation sites excluding steroid dienone is 2. The maximum Gasteiger partial charge on any atom is 0.332 e. The average molecular weight is 368 g/mol. The lowest BCUT2D eigenvalue weighted by atomic mass is 10.1. The Hall–Kier alpha value is -2.51. The summed E-state index contributed by atoms with van der Waals surface area (Å²) in [5.74, 6) is 0. The van der Waals surface area contributed by atoms with E-state index >= 15 is 0 Å². The summed E-state index contributed by atoms with van der Waals surface area (Å²) in [6.45, 7) is 0. The van der Waals surface area contributed by atoms with Gasteiger partial charge in [-0.3, -0.25) is 10.1 Å². The molecule has 2 rings (SSSR count). The van der Waals surface area contributed by atoms with Crippen molar-refractivity contribution >= 4 is 39.7 Å². The first-order chi connectivity index (χ1) is 11.3. The van der Waals surface area contributed by atoms with Crippen LogP contribution in [0.4, 0.5) is 9.57 Å². The van der Waals surface area contributed by atoms with Gasteiger partial charge in [-0.2, -0.15) is 8.42 Å². The minimum absolute atomic E-state index is 0.00723. The first kappa shape index (κ1) is 17.8. The van der Waals surface area contributed by atoms with Crippen molar-refractivity contribution in [2.75, 3.05) is 0 Å². The molecule has 0 saturated heterocycles. The normalized spacial score (nSPS) is 12.1. The largest absolute Gasteiger partial charge is 0.332 e. The number of halogens is 2. The fraction of sp³-hybridized carbons (Fsp3) is 0. The highest BCUT2D eigenvalue weighted by Gasteiger charge is 2.12. The fourth-order valence-corrected chi connectivity index (χ4v) is 2.66. The van der Waals surface area contributed by atoms with Gasteiger partial charge in [0.15, 0.2) is 0 Å². The Morgan fingerprint density at radius 1 is 1.08 bits per heavy atom. The molecule has 0 radical (unpaired) electrons. The maximum absolute atomic E-state index is 12.9. The average Bonchev–Trinajstić information content (AvgIpc) is 2.52. The van der Waals surface area contributed by atoms with Crippen molar-refractivity contribution in [3.05, 3.63) is 80.9 Å². The van der Waals surface area contributed by atoms with E-state index in [1.165, 1.54) is 18.2 Å². The van der Waals surface area contributed by atoms with Gasteiger partial charge in [0.25, 0.3) is 5.69 Å². The van der Waals surface area contributed by atoms with Crippen LogP contribution in [0.5, 0.6) is 0 Å². The third kappa shape index (κ3) is 4.74. The number of nitro groups is 1. The molecule has 124 valence electrons. The Labute approximate surface area is 143 Å². The van der Waals surface area contributed by atoms with Crippen LogP contribution in [0.2, 0.25) is 5.02 Å². The molecule has 0 saturated carbocycles. The number of nitro benzene ring substituents is 1. The predicted molar refractivity (Wildman–Crippen MR) is 90.9 cm³/mol. The van der Waals surface area contributed by atoms with Crippen molar-refractivity contribution in [2.24, 2.45) is 0 Å². The molecular formula is C16H11ClFNO4S. The second kappa shape index (κ2) is 7.37. The summed E-state index contributed by atoms with van der Waals surface area (Å²) >= 11 is 5.91. The van der Waals surface area contributed by atoms with E-state index in [1.54, 1.807) is 36.4 Å². The summed E-state index contributed by atoms with van der Waals surface area (Å²) in [5, 5.41) is 10.8. The molecule has 0 aliphatic rings. The predicted octanol–water partition coefficient (Wildman–Crippen LogP) is 4.63. The maximum atomic E-state index is 12.9. The van der Waals surface area contributed by atoms with Crippen LogP contribution in [-0.4, -0.2) is 13.3 Å². The van der Waals surface area contributed by atoms with Crippen molar-refractivity contribution in [3.8, 4) is 0 Å². The topological polar surface area (TPSA) is 77.3 Å². The van der Waals surface area contributed by atoms with Crippen LogP contribution in [0.15, 0.2) is 59.5 Å². The highest BCUT2D eigenvalue weighted by Crippen LogP contribution is 2.23. The molecule has 0 N–H and O–H groups in total. The smallest absolute Gasteiger partial charge is 0.258 e. The van der Waals surface area contributed by atoms with Gasteiger partial charge >= 0.3 is 10.2 Å². The summed E-state index contributed by atoms with van der Waals surface area (Å²) in [6.07, 6.45) is 6.54. The van der Waals surface area contributed by atoms with E-state index in [-0.39, 0.29) is 10.7 Å². The lowest BCUT2D eigenvalue weighted by molar-refractivity contribution is -0.384. The van der Waals surface area contributed by atoms with Crippen LogP contribution in [0.1, 0.15) is 11.1 Å². The van der Waals surface area contributed by atoms with Gasteiger partial charge in [-0.25, -0.2) is 0 Å². The number of non-ortho nitro benzene ring substituents is 1. The summed E-state index contributed by atoms with van der Waals surface area (Å²) in [6, 6.07) is 9.64. The van der Waals surface area contributed by atoms with Crippen LogP contribution >= 0.6 is 11.6 Å². The first-order valence-electron chi connectivity index (χ1n) is 6.61. The highest BCUT2D eigenvalue weighted by atomic mass is 35.5. The van der Waals surface area contributed by atoms with Gasteiger partial charge in [0.2, 0.25) is 0 Å². The molecular weight excluding hydrogens is 357 g/mol. The van der Waals surface area contributed by atoms with E-state index in [9.17, 15) is 22.4 Å². The molecule has 0 bridgehead atoms. The molecule has 0 fully saturated rings. The molecule has 0 amide bonds. The van der Waals surface area contributed by atoms with Crippen molar-refractivity contribution in [2.45, 2.75) is 4.90 Å². The minimum Gasteiger partial charge on any atom is -0.258 e. The molecule has 0 atom stereocenters. The van der Waals surface area contributed by atoms with Gasteiger partial charge in [0.1, 0.15) is 0 Å². The monoisotopic (exact) mass is 367 g/mol. The van der Waals surface area contributed by atoms with Crippen LogP contribution in [0.25, 0.3) is 12.2 Å². The number of rotatable bonds is 5. The Morgan fingerprint density at radius 3 is 2.42 bits per heavy atom. The Morgan fingerprint density at radius 2 is 1.79 bits per heavy atom. The van der Waals surface area contributed by atoms with Gasteiger partial charge in [0.05, 0.1) is 9.82 Å². The summed E-state index contributed by atoms with van der Waals surface area (Å²) < 4.78 is 34.4. The third-order valence-electron chi connectivity index (χ3n) is 3.01. The van der Waals surface area contributed by atoms with Crippen molar-refractivity contribution in [3.63, 3.8) is 0 Å². The van der Waals surface area contributed by atoms with E-state index in [0.717, 1.165) is 12.1 Å². The quantitative estimate of drug-likeness (QED) is 0.334. The number of nitrogens with zero attached hydrogens (tertiary/aromatic N) is 1. The Bertz CT molecular complexity index is 939. The Kier molecular flexibility index (Phi) is 5.48. The molecule has 0 aliphatic carbocycles. The molecule has 0 unspecified atom stereocenters. The second-order valence-corrected chi connectivity index (χ2v) is 6.45. The van der Waals surface area contributed by atoms with Crippen molar-refractivity contribution in [1.82, 2.24) is 0 Å². The van der Waals surface area contributed by atoms with Gasteiger partial charge in [0, 0.05) is 17.2 Å². The van der Waals surface area contributed by atoms with Crippen LogP contribution in [0.3, 0.4) is 0 Å². The van der Waals surface area contributed by atoms with Crippen molar-refractivity contribution < 1.29 is 17.2 Å². The van der Waals surface area contributed by atoms with Crippen LogP contribution < -0.4 is 0 Å². The third-order valence-corrected chi connectivity index (χ3v) is 4.15. The summed E-state index contributed by atoms with van der Waals surface area (Å²) in [4.78, 5) is 9.71. The minimum atomic E-state index is -4.79. The van der Waals surface area contributed by atoms with Crippen LogP contribution in [0, 0.1) is 10.1 Å². The zero-order valence-corrected chi connectivity index (χ0v) is 13.7. The summed E-state index contributed by atoms with van der Waals surface area (Å²) in [5.41, 5.74) is 1.15. The SMILES string of the molecule is O=[N+]([O-])c1cccc(/C=C/C=C/c2ccc(S(=O)(=O)F)cc2Cl)c1. The Balaban J connectivity index is 2.14. The lowest BCUT2D eigenvalue weighted by Crippen LogP contribution is -1.91. The molecule has 0 aromatic heterocycles. The zero-order valence-electron chi connectivity index (χ0n) is 12.1. The van der Waals surface area contributed by atoms with E-state index in [1.807, 2.05) is 0 Å². The number of benzene rings is 2. The van der Waals surface area contributed by atoms with Gasteiger partial charge in [-0.05, 0) is 23.3 Å². The summed E-state index contributed by atoms with van der Waals surface area (Å²) in [7, 11) is -4.79. The lowest BCUT2D eigenvalue weighted by Gasteiger charge is -2.00. The van der Waals surface area contributed by atoms with Crippen molar-refractivity contribution in [1.29, 1.82) is 0 Å². The molecule has 24 heavy (non-hydrogen) atoms. The molecule has 5 nitrogen and oxygen atoms in total. The van der Waals surface area contributed by atoms with E-state index in [0.29, 0.717) is 11.1 Å². The molecule has 0 heterocycles. The number of hydrogen-bond acceptors (Lipinski definition) is 4. The molecule has 0 spiro atoms. The molecule has 2 aromatic carbocycles.